The number of aryl methyl sites for hydroxylation is 2. The van der Waals surface area contributed by atoms with Gasteiger partial charge in [0.25, 0.3) is 11.7 Å². The molecule has 0 atom stereocenters. The van der Waals surface area contributed by atoms with Gasteiger partial charge in [-0.05, 0) is 58.1 Å². The van der Waals surface area contributed by atoms with Gasteiger partial charge < -0.3 is 9.80 Å². The number of ketones is 1. The third-order valence-electron chi connectivity index (χ3n) is 3.39. The Hall–Kier alpha value is -1.68. The lowest BCUT2D eigenvalue weighted by molar-refractivity contribution is -0.114. The van der Waals surface area contributed by atoms with Crippen LogP contribution in [0.15, 0.2) is 12.1 Å². The van der Waals surface area contributed by atoms with Crippen LogP contribution in [0.3, 0.4) is 0 Å². The molecule has 1 aromatic carbocycles. The average molecular weight is 260 g/mol. The van der Waals surface area contributed by atoms with E-state index in [4.69, 9.17) is 0 Å². The molecule has 1 aliphatic heterocycles. The Labute approximate surface area is 114 Å². The van der Waals surface area contributed by atoms with Crippen LogP contribution in [-0.4, -0.2) is 43.8 Å². The van der Waals surface area contributed by atoms with Crippen LogP contribution in [0.5, 0.6) is 0 Å². The van der Waals surface area contributed by atoms with Crippen molar-refractivity contribution in [3.05, 3.63) is 28.8 Å². The second kappa shape index (κ2) is 5.13. The molecule has 0 aromatic heterocycles. The second-order valence-corrected chi connectivity index (χ2v) is 5.42. The molecule has 1 amide bonds. The first-order valence-electron chi connectivity index (χ1n) is 6.54. The van der Waals surface area contributed by atoms with E-state index in [9.17, 15) is 9.59 Å². The van der Waals surface area contributed by atoms with Crippen molar-refractivity contribution in [1.29, 1.82) is 0 Å². The summed E-state index contributed by atoms with van der Waals surface area (Å²) in [5, 5.41) is 0. The quantitative estimate of drug-likeness (QED) is 0.775. The summed E-state index contributed by atoms with van der Waals surface area (Å²) in [7, 11) is 4.00. The van der Waals surface area contributed by atoms with E-state index in [1.54, 1.807) is 4.90 Å². The highest BCUT2D eigenvalue weighted by atomic mass is 16.2. The Morgan fingerprint density at radius 3 is 2.47 bits per heavy atom. The number of anilines is 1. The molecule has 19 heavy (non-hydrogen) atoms. The molecule has 4 heteroatoms. The fraction of sp³-hybridized carbons (Fsp3) is 0.467. The van der Waals surface area contributed by atoms with E-state index in [-0.39, 0.29) is 11.7 Å². The number of hydrogen-bond donors (Lipinski definition) is 0. The van der Waals surface area contributed by atoms with Crippen molar-refractivity contribution >= 4 is 17.4 Å². The minimum absolute atomic E-state index is 0.369. The zero-order chi connectivity index (χ0) is 14.2. The van der Waals surface area contributed by atoms with Crippen molar-refractivity contribution in [2.45, 2.75) is 20.3 Å². The van der Waals surface area contributed by atoms with Crippen LogP contribution in [0.25, 0.3) is 0 Å². The molecular formula is C15H20N2O2. The van der Waals surface area contributed by atoms with E-state index in [0.717, 1.165) is 29.8 Å². The van der Waals surface area contributed by atoms with Gasteiger partial charge in [0.05, 0.1) is 11.3 Å². The minimum Gasteiger partial charge on any atom is -0.309 e. The van der Waals surface area contributed by atoms with Crippen LogP contribution in [-0.2, 0) is 4.79 Å². The lowest BCUT2D eigenvalue weighted by Gasteiger charge is -2.19. The highest BCUT2D eigenvalue weighted by Crippen LogP contribution is 2.33. The summed E-state index contributed by atoms with van der Waals surface area (Å²) in [6.45, 7) is 5.40. The number of carbonyl (C=O) groups excluding carboxylic acids is 2. The molecule has 102 valence electrons. The Balaban J connectivity index is 2.28. The minimum atomic E-state index is -0.387. The molecular weight excluding hydrogens is 240 g/mol. The standard InChI is InChI=1S/C15H20N2O2/c1-10-8-11(2)13-12(9-10)14(18)15(19)17(13)7-5-6-16(3)4/h8-9H,5-7H2,1-4H3. The summed E-state index contributed by atoms with van der Waals surface area (Å²) in [6, 6.07) is 3.83. The van der Waals surface area contributed by atoms with Gasteiger partial charge in [0, 0.05) is 6.54 Å². The van der Waals surface area contributed by atoms with E-state index in [0.29, 0.717) is 12.1 Å². The number of carbonyl (C=O) groups is 2. The first-order chi connectivity index (χ1) is 8.91. The molecule has 0 spiro atoms. The summed E-state index contributed by atoms with van der Waals surface area (Å²) in [5.74, 6) is -0.755. The second-order valence-electron chi connectivity index (χ2n) is 5.42. The Kier molecular flexibility index (Phi) is 3.71. The number of amides is 1. The number of fused-ring (bicyclic) bond motifs is 1. The highest BCUT2D eigenvalue weighted by molar-refractivity contribution is 6.52. The Bertz CT molecular complexity index is 535. The molecule has 0 N–H and O–H groups in total. The molecule has 0 unspecified atom stereocenters. The first kappa shape index (κ1) is 13.7. The van der Waals surface area contributed by atoms with Gasteiger partial charge in [-0.2, -0.15) is 0 Å². The van der Waals surface area contributed by atoms with Gasteiger partial charge in [-0.25, -0.2) is 0 Å². The van der Waals surface area contributed by atoms with Crippen molar-refractivity contribution in [3.8, 4) is 0 Å². The van der Waals surface area contributed by atoms with Gasteiger partial charge in [0.15, 0.2) is 0 Å². The fourth-order valence-corrected chi connectivity index (χ4v) is 2.59. The van der Waals surface area contributed by atoms with Crippen LogP contribution in [0, 0.1) is 13.8 Å². The fourth-order valence-electron chi connectivity index (χ4n) is 2.59. The van der Waals surface area contributed by atoms with Crippen molar-refractivity contribution in [2.75, 3.05) is 32.1 Å². The number of nitrogens with zero attached hydrogens (tertiary/aromatic N) is 2. The molecule has 1 aromatic rings. The first-order valence-corrected chi connectivity index (χ1v) is 6.54. The van der Waals surface area contributed by atoms with E-state index in [2.05, 4.69) is 4.90 Å². The number of Topliss-reactive ketones (excluding diaryl/α,β-unsaturated/α-hetero) is 1. The largest absolute Gasteiger partial charge is 0.309 e. The predicted octanol–water partition coefficient (Wildman–Crippen LogP) is 1.78. The third kappa shape index (κ3) is 2.54. The lowest BCUT2D eigenvalue weighted by Crippen LogP contribution is -2.32. The van der Waals surface area contributed by atoms with E-state index in [1.807, 2.05) is 40.1 Å². The summed E-state index contributed by atoms with van der Waals surface area (Å²) in [4.78, 5) is 27.8. The van der Waals surface area contributed by atoms with E-state index >= 15 is 0 Å². The van der Waals surface area contributed by atoms with Crippen LogP contribution >= 0.6 is 0 Å². The van der Waals surface area contributed by atoms with Crippen molar-refractivity contribution < 1.29 is 9.59 Å². The van der Waals surface area contributed by atoms with Crippen LogP contribution < -0.4 is 4.90 Å². The summed E-state index contributed by atoms with van der Waals surface area (Å²) in [6.07, 6.45) is 0.860. The van der Waals surface area contributed by atoms with E-state index in [1.165, 1.54) is 0 Å². The van der Waals surface area contributed by atoms with Crippen molar-refractivity contribution in [1.82, 2.24) is 4.90 Å². The predicted molar refractivity (Wildman–Crippen MR) is 75.8 cm³/mol. The number of rotatable bonds is 4. The molecule has 4 nitrogen and oxygen atoms in total. The van der Waals surface area contributed by atoms with E-state index < -0.39 is 0 Å². The molecule has 0 radical (unpaired) electrons. The summed E-state index contributed by atoms with van der Waals surface area (Å²) >= 11 is 0. The van der Waals surface area contributed by atoms with Gasteiger partial charge in [-0.1, -0.05) is 6.07 Å². The topological polar surface area (TPSA) is 40.6 Å². The Morgan fingerprint density at radius 1 is 1.16 bits per heavy atom. The maximum Gasteiger partial charge on any atom is 0.299 e. The van der Waals surface area contributed by atoms with Gasteiger partial charge >= 0.3 is 0 Å². The van der Waals surface area contributed by atoms with Gasteiger partial charge in [0.2, 0.25) is 0 Å². The summed E-state index contributed by atoms with van der Waals surface area (Å²) < 4.78 is 0. The molecule has 0 aliphatic carbocycles. The molecule has 1 heterocycles. The molecule has 0 bridgehead atoms. The molecule has 0 saturated heterocycles. The zero-order valence-corrected chi connectivity index (χ0v) is 12.0. The molecule has 2 rings (SSSR count). The van der Waals surface area contributed by atoms with Crippen LogP contribution in [0.4, 0.5) is 5.69 Å². The summed E-state index contributed by atoms with van der Waals surface area (Å²) in [5.41, 5.74) is 3.39. The van der Waals surface area contributed by atoms with Crippen LogP contribution in [0.2, 0.25) is 0 Å². The maximum absolute atomic E-state index is 12.1. The lowest BCUT2D eigenvalue weighted by atomic mass is 10.0. The third-order valence-corrected chi connectivity index (χ3v) is 3.39. The van der Waals surface area contributed by atoms with Gasteiger partial charge in [0.1, 0.15) is 0 Å². The zero-order valence-electron chi connectivity index (χ0n) is 12.0. The van der Waals surface area contributed by atoms with Crippen molar-refractivity contribution in [2.24, 2.45) is 0 Å². The Morgan fingerprint density at radius 2 is 1.84 bits per heavy atom. The monoisotopic (exact) mass is 260 g/mol. The number of hydrogen-bond acceptors (Lipinski definition) is 3. The SMILES string of the molecule is Cc1cc(C)c2c(c1)C(=O)C(=O)N2CCCN(C)C. The molecule has 0 fully saturated rings. The average Bonchev–Trinajstić information content (AvgIpc) is 2.54. The maximum atomic E-state index is 12.1. The van der Waals surface area contributed by atoms with Crippen LogP contribution in [0.1, 0.15) is 27.9 Å². The van der Waals surface area contributed by atoms with Crippen molar-refractivity contribution in [3.63, 3.8) is 0 Å². The molecule has 1 aliphatic rings. The smallest absolute Gasteiger partial charge is 0.299 e. The highest BCUT2D eigenvalue weighted by Gasteiger charge is 2.36. The number of benzene rings is 1. The van der Waals surface area contributed by atoms with Gasteiger partial charge in [-0.3, -0.25) is 9.59 Å². The van der Waals surface area contributed by atoms with Gasteiger partial charge in [-0.15, -0.1) is 0 Å². The molecule has 0 saturated carbocycles. The normalized spacial score (nSPS) is 14.5.